The number of hydrogen-bond donors (Lipinski definition) is 2. The molecule has 0 saturated heterocycles. The Morgan fingerprint density at radius 1 is 1.48 bits per heavy atom. The van der Waals surface area contributed by atoms with Crippen molar-refractivity contribution in [2.75, 3.05) is 0 Å². The maximum atomic E-state index is 13.9. The second-order valence-electron chi connectivity index (χ2n) is 4.21. The third-order valence-corrected chi connectivity index (χ3v) is 2.74. The van der Waals surface area contributed by atoms with Crippen LogP contribution in [0.5, 0.6) is 11.5 Å². The van der Waals surface area contributed by atoms with Gasteiger partial charge in [-0.3, -0.25) is 20.5 Å². The van der Waals surface area contributed by atoms with Gasteiger partial charge in [-0.15, -0.1) is 0 Å². The normalized spacial score (nSPS) is 10.2. The van der Waals surface area contributed by atoms with Crippen LogP contribution in [0.1, 0.15) is 11.1 Å². The molecule has 0 atom stereocenters. The Morgan fingerprint density at radius 3 is 2.81 bits per heavy atom. The Balaban J connectivity index is 2.44. The summed E-state index contributed by atoms with van der Waals surface area (Å²) in [6.07, 6.45) is 2.70. The average Bonchev–Trinajstić information content (AvgIpc) is 2.42. The number of aromatic nitrogens is 1. The van der Waals surface area contributed by atoms with Gasteiger partial charge < -0.3 is 10.5 Å². The molecule has 0 unspecified atom stereocenters. The molecule has 108 valence electrons. The van der Waals surface area contributed by atoms with Crippen LogP contribution < -0.4 is 10.5 Å². The summed E-state index contributed by atoms with van der Waals surface area (Å²) in [7, 11) is 0. The van der Waals surface area contributed by atoms with Gasteiger partial charge in [-0.1, -0.05) is 0 Å². The van der Waals surface area contributed by atoms with Gasteiger partial charge in [-0.05, 0) is 19.1 Å². The Morgan fingerprint density at radius 2 is 2.19 bits per heavy atom. The highest BCUT2D eigenvalue weighted by molar-refractivity contribution is 5.97. The minimum absolute atomic E-state index is 0.0946. The van der Waals surface area contributed by atoms with E-state index < -0.39 is 10.7 Å². The first-order valence-electron chi connectivity index (χ1n) is 5.81. The molecule has 3 N–H and O–H groups in total. The number of nitrogens with zero attached hydrogens (tertiary/aromatic N) is 2. The van der Waals surface area contributed by atoms with Crippen LogP contribution in [0.4, 0.5) is 10.1 Å². The number of rotatable bonds is 4. The SMILES string of the molecule is Cc1cc(Oc2cnccc2C(=N)N)c(F)cc1[N+](=O)[O-]. The van der Waals surface area contributed by atoms with Gasteiger partial charge in [0.15, 0.2) is 17.3 Å². The first kappa shape index (κ1) is 14.4. The molecular weight excluding hydrogens is 279 g/mol. The highest BCUT2D eigenvalue weighted by atomic mass is 19.1. The van der Waals surface area contributed by atoms with Crippen molar-refractivity contribution < 1.29 is 14.1 Å². The van der Waals surface area contributed by atoms with Crippen molar-refractivity contribution in [1.29, 1.82) is 5.41 Å². The Labute approximate surface area is 118 Å². The topological polar surface area (TPSA) is 115 Å². The summed E-state index contributed by atoms with van der Waals surface area (Å²) in [5.41, 5.74) is 5.56. The monoisotopic (exact) mass is 290 g/mol. The van der Waals surface area contributed by atoms with Crippen LogP contribution in [-0.4, -0.2) is 15.7 Å². The molecule has 8 heteroatoms. The summed E-state index contributed by atoms with van der Waals surface area (Å²) < 4.78 is 19.2. The lowest BCUT2D eigenvalue weighted by atomic mass is 10.2. The fourth-order valence-corrected chi connectivity index (χ4v) is 1.72. The number of pyridine rings is 1. The number of nitro benzene ring substituents is 1. The molecule has 1 aromatic heterocycles. The van der Waals surface area contributed by atoms with E-state index in [9.17, 15) is 14.5 Å². The van der Waals surface area contributed by atoms with Crippen molar-refractivity contribution >= 4 is 11.5 Å². The van der Waals surface area contributed by atoms with Gasteiger partial charge >= 0.3 is 0 Å². The maximum absolute atomic E-state index is 13.9. The zero-order valence-electron chi connectivity index (χ0n) is 11.0. The molecule has 0 fully saturated rings. The van der Waals surface area contributed by atoms with Gasteiger partial charge in [0, 0.05) is 11.8 Å². The highest BCUT2D eigenvalue weighted by Gasteiger charge is 2.18. The molecule has 0 aliphatic carbocycles. The van der Waals surface area contributed by atoms with Crippen molar-refractivity contribution in [2.45, 2.75) is 6.92 Å². The Kier molecular flexibility index (Phi) is 3.79. The van der Waals surface area contributed by atoms with Crippen molar-refractivity contribution in [2.24, 2.45) is 5.73 Å². The molecule has 0 saturated carbocycles. The number of nitrogen functional groups attached to an aromatic ring is 1. The molecule has 0 spiro atoms. The highest BCUT2D eigenvalue weighted by Crippen LogP contribution is 2.31. The summed E-state index contributed by atoms with van der Waals surface area (Å²) in [5.74, 6) is -1.25. The van der Waals surface area contributed by atoms with Crippen LogP contribution in [0.2, 0.25) is 0 Å². The van der Waals surface area contributed by atoms with Crippen LogP contribution in [0.25, 0.3) is 0 Å². The molecule has 1 heterocycles. The van der Waals surface area contributed by atoms with Crippen molar-refractivity contribution in [3.05, 3.63) is 57.7 Å². The van der Waals surface area contributed by atoms with E-state index in [0.717, 1.165) is 6.07 Å². The summed E-state index contributed by atoms with van der Waals surface area (Å²) in [4.78, 5) is 13.9. The van der Waals surface area contributed by atoms with Crippen LogP contribution in [0.3, 0.4) is 0 Å². The minimum Gasteiger partial charge on any atom is -0.452 e. The van der Waals surface area contributed by atoms with E-state index in [1.54, 1.807) is 0 Å². The number of ether oxygens (including phenoxy) is 1. The predicted octanol–water partition coefficient (Wildman–Crippen LogP) is 2.51. The molecule has 0 bridgehead atoms. The van der Waals surface area contributed by atoms with E-state index in [2.05, 4.69) is 4.98 Å². The third-order valence-electron chi connectivity index (χ3n) is 2.74. The zero-order valence-corrected chi connectivity index (χ0v) is 11.0. The predicted molar refractivity (Wildman–Crippen MR) is 73.1 cm³/mol. The Bertz CT molecular complexity index is 733. The molecule has 2 rings (SSSR count). The van der Waals surface area contributed by atoms with Crippen molar-refractivity contribution in [3.63, 3.8) is 0 Å². The standard InChI is InChI=1S/C13H11FN4O3/c1-7-4-11(9(14)5-10(7)18(19)20)21-12-6-17-3-2-8(12)13(15)16/h2-6H,1H3,(H3,15,16). The smallest absolute Gasteiger partial charge is 0.275 e. The number of nitrogens with two attached hydrogens (primary N) is 1. The first-order chi connectivity index (χ1) is 9.90. The van der Waals surface area contributed by atoms with Gasteiger partial charge in [0.2, 0.25) is 0 Å². The Hall–Kier alpha value is -3.03. The van der Waals surface area contributed by atoms with Crippen LogP contribution in [0, 0.1) is 28.3 Å². The lowest BCUT2D eigenvalue weighted by molar-refractivity contribution is -0.385. The zero-order chi connectivity index (χ0) is 15.6. The molecule has 1 aromatic carbocycles. The van der Waals surface area contributed by atoms with E-state index in [1.807, 2.05) is 0 Å². The van der Waals surface area contributed by atoms with Gasteiger partial charge in [0.1, 0.15) is 5.84 Å². The number of nitro groups is 1. The fraction of sp³-hybridized carbons (Fsp3) is 0.0769. The van der Waals surface area contributed by atoms with Crippen molar-refractivity contribution in [3.8, 4) is 11.5 Å². The molecule has 0 aliphatic rings. The molecule has 21 heavy (non-hydrogen) atoms. The van der Waals surface area contributed by atoms with Gasteiger partial charge in [-0.2, -0.15) is 0 Å². The molecule has 0 amide bonds. The lowest BCUT2D eigenvalue weighted by Gasteiger charge is -2.10. The quantitative estimate of drug-likeness (QED) is 0.388. The number of halogens is 1. The minimum atomic E-state index is -0.884. The average molecular weight is 290 g/mol. The number of benzene rings is 1. The van der Waals surface area contributed by atoms with E-state index in [-0.39, 0.29) is 34.1 Å². The number of aryl methyl sites for hydroxylation is 1. The van der Waals surface area contributed by atoms with E-state index in [4.69, 9.17) is 15.9 Å². The molecule has 0 aliphatic heterocycles. The van der Waals surface area contributed by atoms with Crippen LogP contribution in [0.15, 0.2) is 30.6 Å². The largest absolute Gasteiger partial charge is 0.452 e. The van der Waals surface area contributed by atoms with E-state index >= 15 is 0 Å². The van der Waals surface area contributed by atoms with Gasteiger partial charge in [0.05, 0.1) is 22.7 Å². The van der Waals surface area contributed by atoms with Crippen LogP contribution in [-0.2, 0) is 0 Å². The number of amidine groups is 1. The second kappa shape index (κ2) is 5.53. The number of hydrogen-bond acceptors (Lipinski definition) is 5. The van der Waals surface area contributed by atoms with E-state index in [0.29, 0.717) is 0 Å². The van der Waals surface area contributed by atoms with Gasteiger partial charge in [-0.25, -0.2) is 4.39 Å². The summed E-state index contributed by atoms with van der Waals surface area (Å²) in [6, 6.07) is 3.45. The summed E-state index contributed by atoms with van der Waals surface area (Å²) in [5, 5.41) is 18.1. The number of nitrogens with one attached hydrogen (secondary N) is 1. The molecule has 7 nitrogen and oxygen atoms in total. The maximum Gasteiger partial charge on any atom is 0.275 e. The lowest BCUT2D eigenvalue weighted by Crippen LogP contribution is -2.12. The molecular formula is C13H11FN4O3. The summed E-state index contributed by atoms with van der Waals surface area (Å²) >= 11 is 0. The third kappa shape index (κ3) is 2.94. The van der Waals surface area contributed by atoms with E-state index in [1.165, 1.54) is 31.5 Å². The second-order valence-corrected chi connectivity index (χ2v) is 4.21. The fourth-order valence-electron chi connectivity index (χ4n) is 1.72. The first-order valence-corrected chi connectivity index (χ1v) is 5.81. The molecule has 0 radical (unpaired) electrons. The van der Waals surface area contributed by atoms with Gasteiger partial charge in [0.25, 0.3) is 5.69 Å². The van der Waals surface area contributed by atoms with Crippen LogP contribution >= 0.6 is 0 Å². The van der Waals surface area contributed by atoms with Crippen molar-refractivity contribution in [1.82, 2.24) is 4.98 Å². The summed E-state index contributed by atoms with van der Waals surface area (Å²) in [6.45, 7) is 1.47. The molecule has 2 aromatic rings.